The molecule has 108 valence electrons. The number of anilines is 1. The molecular weight excluding hydrogens is 284 g/mol. The van der Waals surface area contributed by atoms with Crippen molar-refractivity contribution in [2.75, 3.05) is 31.1 Å². The number of hydrazone groups is 1. The number of aromatic nitrogens is 1. The molecule has 1 saturated heterocycles. The van der Waals surface area contributed by atoms with E-state index in [0.29, 0.717) is 0 Å². The second-order valence-electron chi connectivity index (χ2n) is 4.89. The zero-order chi connectivity index (χ0) is 14.5. The minimum atomic E-state index is 0.730. The van der Waals surface area contributed by atoms with Gasteiger partial charge in [0.2, 0.25) is 0 Å². The standard InChI is InChI=1S/C16H17ClN4/c17-15-6-2-1-5-14(15)13-19-21-11-9-20(10-12-21)16-7-3-4-8-18-16/h1-8,13H,9-12H2/b19-13+. The van der Waals surface area contributed by atoms with Gasteiger partial charge in [-0.05, 0) is 18.2 Å². The number of hydrogen-bond acceptors (Lipinski definition) is 4. The molecule has 0 amide bonds. The molecule has 2 aromatic rings. The Hall–Kier alpha value is -2.07. The summed E-state index contributed by atoms with van der Waals surface area (Å²) in [4.78, 5) is 6.66. The molecule has 21 heavy (non-hydrogen) atoms. The molecule has 0 radical (unpaired) electrons. The van der Waals surface area contributed by atoms with Crippen molar-refractivity contribution in [2.24, 2.45) is 5.10 Å². The smallest absolute Gasteiger partial charge is 0.128 e. The Morgan fingerprint density at radius 1 is 1.00 bits per heavy atom. The molecule has 0 bridgehead atoms. The molecule has 0 atom stereocenters. The van der Waals surface area contributed by atoms with Crippen LogP contribution in [0.25, 0.3) is 0 Å². The van der Waals surface area contributed by atoms with E-state index in [-0.39, 0.29) is 0 Å². The Balaban J connectivity index is 1.58. The summed E-state index contributed by atoms with van der Waals surface area (Å²) in [5.41, 5.74) is 0.950. The maximum atomic E-state index is 6.12. The number of piperazine rings is 1. The number of nitrogens with zero attached hydrogens (tertiary/aromatic N) is 4. The van der Waals surface area contributed by atoms with Gasteiger partial charge in [-0.15, -0.1) is 0 Å². The van der Waals surface area contributed by atoms with E-state index >= 15 is 0 Å². The summed E-state index contributed by atoms with van der Waals surface area (Å²) < 4.78 is 0. The zero-order valence-corrected chi connectivity index (χ0v) is 12.4. The van der Waals surface area contributed by atoms with Crippen molar-refractivity contribution in [3.8, 4) is 0 Å². The maximum absolute atomic E-state index is 6.12. The molecule has 3 rings (SSSR count). The van der Waals surface area contributed by atoms with Crippen molar-refractivity contribution < 1.29 is 0 Å². The molecule has 0 spiro atoms. The van der Waals surface area contributed by atoms with Crippen LogP contribution in [0, 0.1) is 0 Å². The summed E-state index contributed by atoms with van der Waals surface area (Å²) in [6, 6.07) is 13.7. The minimum absolute atomic E-state index is 0.730. The van der Waals surface area contributed by atoms with Gasteiger partial charge in [0.25, 0.3) is 0 Å². The van der Waals surface area contributed by atoms with E-state index in [1.165, 1.54) is 0 Å². The topological polar surface area (TPSA) is 31.7 Å². The summed E-state index contributed by atoms with van der Waals surface area (Å²) in [6.07, 6.45) is 3.66. The number of rotatable bonds is 3. The number of hydrogen-bond donors (Lipinski definition) is 0. The highest BCUT2D eigenvalue weighted by molar-refractivity contribution is 6.33. The molecular formula is C16H17ClN4. The molecule has 4 nitrogen and oxygen atoms in total. The van der Waals surface area contributed by atoms with Crippen LogP contribution in [0.15, 0.2) is 53.8 Å². The fourth-order valence-corrected chi connectivity index (χ4v) is 2.49. The fraction of sp³-hybridized carbons (Fsp3) is 0.250. The van der Waals surface area contributed by atoms with Gasteiger partial charge < -0.3 is 4.90 Å². The highest BCUT2D eigenvalue weighted by atomic mass is 35.5. The second-order valence-corrected chi connectivity index (χ2v) is 5.30. The second kappa shape index (κ2) is 6.59. The van der Waals surface area contributed by atoms with Gasteiger partial charge >= 0.3 is 0 Å². The van der Waals surface area contributed by atoms with Crippen LogP contribution in [-0.4, -0.2) is 42.4 Å². The number of benzene rings is 1. The van der Waals surface area contributed by atoms with Gasteiger partial charge in [-0.1, -0.05) is 35.9 Å². The van der Waals surface area contributed by atoms with Crippen LogP contribution in [0.1, 0.15) is 5.56 Å². The van der Waals surface area contributed by atoms with Crippen molar-refractivity contribution in [2.45, 2.75) is 0 Å². The van der Waals surface area contributed by atoms with Crippen LogP contribution in [0.5, 0.6) is 0 Å². The Kier molecular flexibility index (Phi) is 4.36. The molecule has 1 aromatic carbocycles. The normalized spacial score (nSPS) is 15.7. The van der Waals surface area contributed by atoms with Crippen molar-refractivity contribution in [3.05, 3.63) is 59.2 Å². The molecule has 2 heterocycles. The Bertz CT molecular complexity index is 607. The van der Waals surface area contributed by atoms with Crippen molar-refractivity contribution in [1.29, 1.82) is 0 Å². The molecule has 1 aromatic heterocycles. The lowest BCUT2D eigenvalue weighted by Gasteiger charge is -2.33. The summed E-state index contributed by atoms with van der Waals surface area (Å²) in [7, 11) is 0. The molecule has 1 fully saturated rings. The molecule has 0 aliphatic carbocycles. The van der Waals surface area contributed by atoms with Crippen LogP contribution in [0.4, 0.5) is 5.82 Å². The average Bonchev–Trinajstić information content (AvgIpc) is 2.55. The third-order valence-corrected chi connectivity index (χ3v) is 3.84. The van der Waals surface area contributed by atoms with Crippen molar-refractivity contribution in [1.82, 2.24) is 9.99 Å². The summed E-state index contributed by atoms with van der Waals surface area (Å²) in [5, 5.41) is 7.32. The first kappa shape index (κ1) is 13.9. The molecule has 0 N–H and O–H groups in total. The van der Waals surface area contributed by atoms with Gasteiger partial charge in [0.15, 0.2) is 0 Å². The number of pyridine rings is 1. The minimum Gasteiger partial charge on any atom is -0.353 e. The highest BCUT2D eigenvalue weighted by Gasteiger charge is 2.16. The lowest BCUT2D eigenvalue weighted by molar-refractivity contribution is 0.271. The molecule has 1 aliphatic heterocycles. The molecule has 0 saturated carbocycles. The molecule has 1 aliphatic rings. The zero-order valence-electron chi connectivity index (χ0n) is 11.7. The molecule has 5 heteroatoms. The van der Waals surface area contributed by atoms with Crippen molar-refractivity contribution >= 4 is 23.6 Å². The monoisotopic (exact) mass is 300 g/mol. The van der Waals surface area contributed by atoms with E-state index in [1.807, 2.05) is 54.9 Å². The predicted octanol–water partition coefficient (Wildman–Crippen LogP) is 2.89. The van der Waals surface area contributed by atoms with Crippen LogP contribution in [0.2, 0.25) is 5.02 Å². The third kappa shape index (κ3) is 3.52. The third-order valence-electron chi connectivity index (χ3n) is 3.49. The average molecular weight is 301 g/mol. The van der Waals surface area contributed by atoms with E-state index in [2.05, 4.69) is 20.0 Å². The molecule has 0 unspecified atom stereocenters. The lowest BCUT2D eigenvalue weighted by atomic mass is 10.2. The van der Waals surface area contributed by atoms with Gasteiger partial charge in [-0.2, -0.15) is 5.10 Å². The Morgan fingerprint density at radius 3 is 2.48 bits per heavy atom. The van der Waals surface area contributed by atoms with E-state index in [4.69, 9.17) is 11.6 Å². The first-order valence-electron chi connectivity index (χ1n) is 7.02. The van der Waals surface area contributed by atoms with Gasteiger partial charge in [0, 0.05) is 29.9 Å². The first-order chi connectivity index (χ1) is 10.3. The van der Waals surface area contributed by atoms with Crippen LogP contribution in [0.3, 0.4) is 0 Å². The quantitative estimate of drug-likeness (QED) is 0.817. The van der Waals surface area contributed by atoms with E-state index in [0.717, 1.165) is 42.6 Å². The van der Waals surface area contributed by atoms with Crippen LogP contribution >= 0.6 is 11.6 Å². The van der Waals surface area contributed by atoms with Gasteiger partial charge in [-0.3, -0.25) is 5.01 Å². The lowest BCUT2D eigenvalue weighted by Crippen LogP contribution is -2.44. The Labute approximate surface area is 129 Å². The fourth-order valence-electron chi connectivity index (χ4n) is 2.30. The Morgan fingerprint density at radius 2 is 1.76 bits per heavy atom. The van der Waals surface area contributed by atoms with Crippen molar-refractivity contribution in [3.63, 3.8) is 0 Å². The SMILES string of the molecule is Clc1ccccc1/C=N/N1CCN(c2ccccn2)CC1. The van der Waals surface area contributed by atoms with Gasteiger partial charge in [0.05, 0.1) is 19.3 Å². The summed E-state index contributed by atoms with van der Waals surface area (Å²) in [5.74, 6) is 1.03. The van der Waals surface area contributed by atoms with E-state index in [9.17, 15) is 0 Å². The van der Waals surface area contributed by atoms with E-state index in [1.54, 1.807) is 0 Å². The van der Waals surface area contributed by atoms with E-state index < -0.39 is 0 Å². The largest absolute Gasteiger partial charge is 0.353 e. The number of halogens is 1. The maximum Gasteiger partial charge on any atom is 0.128 e. The highest BCUT2D eigenvalue weighted by Crippen LogP contribution is 2.14. The summed E-state index contributed by atoms with van der Waals surface area (Å²) in [6.45, 7) is 3.63. The van der Waals surface area contributed by atoms with Crippen LogP contribution in [-0.2, 0) is 0 Å². The van der Waals surface area contributed by atoms with Gasteiger partial charge in [-0.25, -0.2) is 4.98 Å². The summed E-state index contributed by atoms with van der Waals surface area (Å²) >= 11 is 6.12. The van der Waals surface area contributed by atoms with Crippen LogP contribution < -0.4 is 4.90 Å². The first-order valence-corrected chi connectivity index (χ1v) is 7.40. The predicted molar refractivity (Wildman–Crippen MR) is 87.1 cm³/mol. The van der Waals surface area contributed by atoms with Gasteiger partial charge in [0.1, 0.15) is 5.82 Å².